The van der Waals surface area contributed by atoms with Crippen molar-refractivity contribution in [3.63, 3.8) is 0 Å². The lowest BCUT2D eigenvalue weighted by Gasteiger charge is -2.03. The van der Waals surface area contributed by atoms with Crippen molar-refractivity contribution in [1.29, 1.82) is 0 Å². The summed E-state index contributed by atoms with van der Waals surface area (Å²) < 4.78 is 1.48. The van der Waals surface area contributed by atoms with Crippen LogP contribution in [0, 0.1) is 5.92 Å². The molecule has 0 radical (unpaired) electrons. The van der Waals surface area contributed by atoms with E-state index in [0.717, 1.165) is 5.92 Å². The van der Waals surface area contributed by atoms with Gasteiger partial charge < -0.3 is 0 Å². The summed E-state index contributed by atoms with van der Waals surface area (Å²) in [6.07, 6.45) is 4.98. The molecular weight excluding hydrogens is 295 g/mol. The minimum atomic E-state index is 0.771. The second-order valence-electron chi connectivity index (χ2n) is 4.29. The van der Waals surface area contributed by atoms with E-state index in [4.69, 9.17) is 0 Å². The number of hydrogen-bond donors (Lipinski definition) is 0. The average Bonchev–Trinajstić information content (AvgIpc) is 2.80. The van der Waals surface area contributed by atoms with Gasteiger partial charge in [0.25, 0.3) is 0 Å². The average molecular weight is 308 g/mol. The minimum absolute atomic E-state index is 0.771. The van der Waals surface area contributed by atoms with Crippen molar-refractivity contribution in [3.8, 4) is 0 Å². The molecule has 1 heteroatoms. The highest BCUT2D eigenvalue weighted by molar-refractivity contribution is 14.1. The molecule has 0 fully saturated rings. The molecule has 1 aromatic rings. The molecule has 0 bridgehead atoms. The van der Waals surface area contributed by atoms with E-state index in [-0.39, 0.29) is 0 Å². The van der Waals surface area contributed by atoms with Gasteiger partial charge in [-0.15, -0.1) is 0 Å². The van der Waals surface area contributed by atoms with Gasteiger partial charge in [-0.05, 0) is 63.6 Å². The van der Waals surface area contributed by atoms with Gasteiger partial charge in [0.1, 0.15) is 0 Å². The number of benzene rings is 1. The monoisotopic (exact) mass is 308 g/mol. The molecule has 0 nitrogen and oxygen atoms in total. The molecule has 0 saturated heterocycles. The first-order valence-corrected chi connectivity index (χ1v) is 6.59. The van der Waals surface area contributed by atoms with E-state index < -0.39 is 0 Å². The fourth-order valence-electron chi connectivity index (χ4n) is 2.56. The molecule has 76 valence electrons. The molecule has 0 saturated carbocycles. The van der Waals surface area contributed by atoms with E-state index in [9.17, 15) is 0 Å². The van der Waals surface area contributed by atoms with Crippen LogP contribution >= 0.6 is 22.6 Å². The van der Waals surface area contributed by atoms with Gasteiger partial charge >= 0.3 is 0 Å². The van der Waals surface area contributed by atoms with Gasteiger partial charge in [-0.25, -0.2) is 0 Å². The zero-order valence-electron chi connectivity index (χ0n) is 8.76. The highest BCUT2D eigenvalue weighted by Crippen LogP contribution is 2.51. The molecule has 0 spiro atoms. The quantitative estimate of drug-likeness (QED) is 0.662. The van der Waals surface area contributed by atoms with Crippen molar-refractivity contribution in [2.75, 3.05) is 0 Å². The Kier molecular flexibility index (Phi) is 2.23. The number of allylic oxidation sites excluding steroid dienone is 3. The molecule has 1 unspecified atom stereocenters. The third-order valence-electron chi connectivity index (χ3n) is 3.44. The molecule has 0 heterocycles. The highest BCUT2D eigenvalue weighted by Gasteiger charge is 2.30. The van der Waals surface area contributed by atoms with Gasteiger partial charge in [-0.2, -0.15) is 0 Å². The normalized spacial score (nSPS) is 22.8. The van der Waals surface area contributed by atoms with Crippen LogP contribution in [0.25, 0.3) is 9.15 Å². The van der Waals surface area contributed by atoms with Gasteiger partial charge in [-0.1, -0.05) is 37.3 Å². The van der Waals surface area contributed by atoms with Crippen molar-refractivity contribution in [1.82, 2.24) is 0 Å². The molecule has 1 aromatic carbocycles. The molecule has 2 aliphatic rings. The fraction of sp³-hybridized carbons (Fsp3) is 0.286. The lowest BCUT2D eigenvalue weighted by Crippen LogP contribution is -1.88. The second kappa shape index (κ2) is 3.48. The topological polar surface area (TPSA) is 0 Å². The van der Waals surface area contributed by atoms with E-state index >= 15 is 0 Å². The summed E-state index contributed by atoms with van der Waals surface area (Å²) >= 11 is 2.51. The Morgan fingerprint density at radius 3 is 2.73 bits per heavy atom. The Bertz CT molecular complexity index is 480. The number of hydrogen-bond acceptors (Lipinski definition) is 0. The van der Waals surface area contributed by atoms with Crippen LogP contribution in [0.15, 0.2) is 35.9 Å². The van der Waals surface area contributed by atoms with E-state index in [2.05, 4.69) is 59.9 Å². The van der Waals surface area contributed by atoms with Crippen LogP contribution < -0.4 is 0 Å². The van der Waals surface area contributed by atoms with E-state index in [1.54, 1.807) is 5.57 Å². The third kappa shape index (κ3) is 1.32. The Labute approximate surface area is 104 Å². The molecule has 3 rings (SSSR count). The maximum absolute atomic E-state index is 2.51. The number of fused-ring (bicyclic) bond motifs is 3. The summed E-state index contributed by atoms with van der Waals surface area (Å²) in [5.41, 5.74) is 5.99. The first-order valence-electron chi connectivity index (χ1n) is 5.52. The first kappa shape index (κ1) is 9.64. The molecule has 1 atom stereocenters. The zero-order chi connectivity index (χ0) is 10.4. The number of halogens is 1. The van der Waals surface area contributed by atoms with Crippen LogP contribution in [-0.2, 0) is 0 Å². The summed E-state index contributed by atoms with van der Waals surface area (Å²) in [6, 6.07) is 8.78. The van der Waals surface area contributed by atoms with Gasteiger partial charge in [0, 0.05) is 3.58 Å². The maximum atomic E-state index is 2.51. The van der Waals surface area contributed by atoms with Crippen LogP contribution in [0.5, 0.6) is 0 Å². The molecule has 0 amide bonds. The van der Waals surface area contributed by atoms with Crippen LogP contribution in [0.3, 0.4) is 0 Å². The van der Waals surface area contributed by atoms with Gasteiger partial charge in [0.2, 0.25) is 0 Å². The van der Waals surface area contributed by atoms with Crippen molar-refractivity contribution in [3.05, 3.63) is 47.0 Å². The Hall–Kier alpha value is -0.570. The van der Waals surface area contributed by atoms with Crippen molar-refractivity contribution >= 4 is 31.7 Å². The fourth-order valence-corrected chi connectivity index (χ4v) is 3.54. The first-order chi connectivity index (χ1) is 7.31. The molecule has 0 aliphatic heterocycles. The minimum Gasteiger partial charge on any atom is -0.0729 e. The van der Waals surface area contributed by atoms with Gasteiger partial charge in [0.05, 0.1) is 0 Å². The third-order valence-corrected chi connectivity index (χ3v) is 4.67. The van der Waals surface area contributed by atoms with Gasteiger partial charge in [0.15, 0.2) is 0 Å². The smallest absolute Gasteiger partial charge is 0.0247 e. The largest absolute Gasteiger partial charge is 0.0729 e. The van der Waals surface area contributed by atoms with E-state index in [1.807, 2.05) is 0 Å². The van der Waals surface area contributed by atoms with Gasteiger partial charge in [-0.3, -0.25) is 0 Å². The van der Waals surface area contributed by atoms with E-state index in [1.165, 1.54) is 33.1 Å². The van der Waals surface area contributed by atoms with Crippen molar-refractivity contribution in [2.24, 2.45) is 5.92 Å². The number of rotatable bonds is 1. The molecule has 15 heavy (non-hydrogen) atoms. The maximum Gasteiger partial charge on any atom is 0.0247 e. The SMILES string of the molecule is CCC1C=C2C(=C(I)c3ccccc32)C1. The molecular formula is C14H13I. The molecule has 2 aliphatic carbocycles. The van der Waals surface area contributed by atoms with Crippen LogP contribution in [-0.4, -0.2) is 0 Å². The summed E-state index contributed by atoms with van der Waals surface area (Å²) in [5, 5.41) is 0. The second-order valence-corrected chi connectivity index (χ2v) is 5.37. The van der Waals surface area contributed by atoms with Crippen molar-refractivity contribution in [2.45, 2.75) is 19.8 Å². The summed E-state index contributed by atoms with van der Waals surface area (Å²) in [5.74, 6) is 0.771. The Balaban J connectivity index is 2.18. The standard InChI is InChI=1S/C14H13I/c1-2-9-7-12-10-5-3-4-6-11(10)14(15)13(12)8-9/h3-7,9H,2,8H2,1H3. The lowest BCUT2D eigenvalue weighted by atomic mass is 10.0. The highest BCUT2D eigenvalue weighted by atomic mass is 127. The van der Waals surface area contributed by atoms with Crippen LogP contribution in [0.4, 0.5) is 0 Å². The molecule has 0 N–H and O–H groups in total. The predicted octanol–water partition coefficient (Wildman–Crippen LogP) is 4.66. The van der Waals surface area contributed by atoms with E-state index in [0.29, 0.717) is 0 Å². The lowest BCUT2D eigenvalue weighted by molar-refractivity contribution is 0.650. The molecule has 0 aromatic heterocycles. The van der Waals surface area contributed by atoms with Crippen molar-refractivity contribution < 1.29 is 0 Å². The summed E-state index contributed by atoms with van der Waals surface area (Å²) in [6.45, 7) is 2.28. The van der Waals surface area contributed by atoms with Crippen LogP contribution in [0.2, 0.25) is 0 Å². The summed E-state index contributed by atoms with van der Waals surface area (Å²) in [4.78, 5) is 0. The zero-order valence-corrected chi connectivity index (χ0v) is 10.9. The van der Waals surface area contributed by atoms with Crippen LogP contribution in [0.1, 0.15) is 30.9 Å². The predicted molar refractivity (Wildman–Crippen MR) is 73.8 cm³/mol. The Morgan fingerprint density at radius 2 is 2.00 bits per heavy atom. The summed E-state index contributed by atoms with van der Waals surface area (Å²) in [7, 11) is 0. The Morgan fingerprint density at radius 1 is 1.27 bits per heavy atom.